The Bertz CT molecular complexity index is 540. The van der Waals surface area contributed by atoms with Crippen LogP contribution in [0.1, 0.15) is 25.6 Å². The van der Waals surface area contributed by atoms with Crippen molar-refractivity contribution in [1.29, 1.82) is 0 Å². The molecule has 0 saturated heterocycles. The van der Waals surface area contributed by atoms with Gasteiger partial charge in [-0.05, 0) is 32.0 Å². The number of nitrogens with zero attached hydrogens (tertiary/aromatic N) is 3. The van der Waals surface area contributed by atoms with Crippen molar-refractivity contribution in [2.75, 3.05) is 6.54 Å². The molecule has 6 heteroatoms. The molecular weight excluding hydrogens is 266 g/mol. The van der Waals surface area contributed by atoms with Crippen molar-refractivity contribution in [3.63, 3.8) is 0 Å². The normalized spacial score (nSPS) is 13.6. The molecule has 2 unspecified atom stereocenters. The fraction of sp³-hybridized carbons (Fsp3) is 0.400. The topological polar surface area (TPSA) is 71.8 Å². The molecule has 0 aliphatic heterocycles. The quantitative estimate of drug-likeness (QED) is 0.801. The van der Waals surface area contributed by atoms with E-state index in [0.29, 0.717) is 6.54 Å². The molecule has 0 aromatic carbocycles. The van der Waals surface area contributed by atoms with E-state index in [0.717, 1.165) is 5.69 Å². The van der Waals surface area contributed by atoms with Crippen LogP contribution in [-0.4, -0.2) is 33.3 Å². The average Bonchev–Trinajstić information content (AvgIpc) is 3.05. The largest absolute Gasteiger partial charge is 0.349 e. The zero-order chi connectivity index (χ0) is 15.1. The van der Waals surface area contributed by atoms with Crippen LogP contribution in [0.4, 0.5) is 0 Å². The second-order valence-corrected chi connectivity index (χ2v) is 4.99. The van der Waals surface area contributed by atoms with Crippen LogP contribution in [0.15, 0.2) is 42.9 Å². The Morgan fingerprint density at radius 1 is 1.29 bits per heavy atom. The molecule has 21 heavy (non-hydrogen) atoms. The van der Waals surface area contributed by atoms with Crippen molar-refractivity contribution >= 4 is 5.91 Å². The summed E-state index contributed by atoms with van der Waals surface area (Å²) in [5.74, 6) is -0.0415. The molecule has 0 radical (unpaired) electrons. The highest BCUT2D eigenvalue weighted by Gasteiger charge is 2.14. The summed E-state index contributed by atoms with van der Waals surface area (Å²) in [4.78, 5) is 16.0. The van der Waals surface area contributed by atoms with E-state index in [1.54, 1.807) is 12.4 Å². The van der Waals surface area contributed by atoms with Gasteiger partial charge >= 0.3 is 0 Å². The zero-order valence-electron chi connectivity index (χ0n) is 12.4. The van der Waals surface area contributed by atoms with Gasteiger partial charge in [-0.25, -0.2) is 0 Å². The number of amides is 1. The predicted octanol–water partition coefficient (Wildman–Crippen LogP) is 1.13. The van der Waals surface area contributed by atoms with Crippen LogP contribution < -0.4 is 10.6 Å². The van der Waals surface area contributed by atoms with Crippen LogP contribution in [0.3, 0.4) is 0 Å². The Morgan fingerprint density at radius 3 is 2.81 bits per heavy atom. The smallest absolute Gasteiger partial charge is 0.234 e. The van der Waals surface area contributed by atoms with Crippen molar-refractivity contribution in [3.05, 3.63) is 48.5 Å². The molecule has 0 aliphatic carbocycles. The summed E-state index contributed by atoms with van der Waals surface area (Å²) in [5, 5.41) is 10.3. The predicted molar refractivity (Wildman–Crippen MR) is 80.5 cm³/mol. The highest BCUT2D eigenvalue weighted by Crippen LogP contribution is 2.08. The summed E-state index contributed by atoms with van der Waals surface area (Å²) in [7, 11) is 0. The highest BCUT2D eigenvalue weighted by molar-refractivity contribution is 5.77. The van der Waals surface area contributed by atoms with E-state index >= 15 is 0 Å². The molecular formula is C15H21N5O. The third kappa shape index (κ3) is 4.68. The molecule has 2 rings (SSSR count). The van der Waals surface area contributed by atoms with Crippen molar-refractivity contribution in [2.24, 2.45) is 0 Å². The first-order valence-electron chi connectivity index (χ1n) is 7.06. The molecule has 2 atom stereocenters. The van der Waals surface area contributed by atoms with Crippen LogP contribution >= 0.6 is 0 Å². The lowest BCUT2D eigenvalue weighted by molar-refractivity contribution is -0.120. The zero-order valence-corrected chi connectivity index (χ0v) is 12.4. The molecule has 0 bridgehead atoms. The lowest BCUT2D eigenvalue weighted by Crippen LogP contribution is -2.41. The second kappa shape index (κ2) is 7.54. The van der Waals surface area contributed by atoms with Gasteiger partial charge in [0.2, 0.25) is 5.91 Å². The number of nitrogens with one attached hydrogen (secondary N) is 2. The van der Waals surface area contributed by atoms with Crippen molar-refractivity contribution < 1.29 is 4.79 Å². The molecule has 2 heterocycles. The van der Waals surface area contributed by atoms with Crippen LogP contribution in [0, 0.1) is 0 Å². The maximum atomic E-state index is 11.8. The van der Waals surface area contributed by atoms with Gasteiger partial charge in [0.15, 0.2) is 0 Å². The van der Waals surface area contributed by atoms with E-state index in [-0.39, 0.29) is 24.5 Å². The van der Waals surface area contributed by atoms with Gasteiger partial charge in [-0.2, -0.15) is 5.10 Å². The fourth-order valence-electron chi connectivity index (χ4n) is 1.93. The SMILES string of the molecule is CC(NCC(=O)NCc1ccccn1)C(C)n1cccn1. The number of hydrogen-bond acceptors (Lipinski definition) is 4. The van der Waals surface area contributed by atoms with Crippen LogP contribution in [0.25, 0.3) is 0 Å². The van der Waals surface area contributed by atoms with Crippen molar-refractivity contribution in [1.82, 2.24) is 25.4 Å². The van der Waals surface area contributed by atoms with Gasteiger partial charge in [-0.15, -0.1) is 0 Å². The number of carbonyl (C=O) groups is 1. The van der Waals surface area contributed by atoms with Crippen LogP contribution in [0.5, 0.6) is 0 Å². The van der Waals surface area contributed by atoms with Crippen molar-refractivity contribution in [3.8, 4) is 0 Å². The van der Waals surface area contributed by atoms with Gasteiger partial charge < -0.3 is 10.6 Å². The molecule has 0 aliphatic rings. The first-order valence-corrected chi connectivity index (χ1v) is 7.06. The van der Waals surface area contributed by atoms with E-state index in [1.807, 2.05) is 42.1 Å². The lowest BCUT2D eigenvalue weighted by atomic mass is 10.2. The Morgan fingerprint density at radius 2 is 2.14 bits per heavy atom. The molecule has 0 fully saturated rings. The number of pyridine rings is 1. The maximum Gasteiger partial charge on any atom is 0.234 e. The van der Waals surface area contributed by atoms with E-state index in [4.69, 9.17) is 0 Å². The van der Waals surface area contributed by atoms with Gasteiger partial charge in [-0.1, -0.05) is 6.07 Å². The summed E-state index contributed by atoms with van der Waals surface area (Å²) in [6, 6.07) is 7.86. The molecule has 2 aromatic heterocycles. The van der Waals surface area contributed by atoms with Gasteiger partial charge in [0.25, 0.3) is 0 Å². The summed E-state index contributed by atoms with van der Waals surface area (Å²) in [6.45, 7) is 4.83. The molecule has 6 nitrogen and oxygen atoms in total. The Labute approximate surface area is 124 Å². The third-order valence-electron chi connectivity index (χ3n) is 3.44. The van der Waals surface area contributed by atoms with Gasteiger partial charge in [-0.3, -0.25) is 14.5 Å². The van der Waals surface area contributed by atoms with Gasteiger partial charge in [0.05, 0.1) is 24.8 Å². The number of rotatable bonds is 7. The molecule has 112 valence electrons. The maximum absolute atomic E-state index is 11.8. The summed E-state index contributed by atoms with van der Waals surface area (Å²) in [6.07, 6.45) is 5.39. The Balaban J connectivity index is 1.71. The molecule has 0 spiro atoms. The van der Waals surface area contributed by atoms with Gasteiger partial charge in [0, 0.05) is 24.6 Å². The molecule has 0 saturated carbocycles. The Hall–Kier alpha value is -2.21. The average molecular weight is 287 g/mol. The van der Waals surface area contributed by atoms with E-state index in [1.165, 1.54) is 0 Å². The second-order valence-electron chi connectivity index (χ2n) is 4.99. The molecule has 2 N–H and O–H groups in total. The fourth-order valence-corrected chi connectivity index (χ4v) is 1.93. The van der Waals surface area contributed by atoms with Gasteiger partial charge in [0.1, 0.15) is 0 Å². The third-order valence-corrected chi connectivity index (χ3v) is 3.44. The minimum Gasteiger partial charge on any atom is -0.349 e. The highest BCUT2D eigenvalue weighted by atomic mass is 16.1. The lowest BCUT2D eigenvalue weighted by Gasteiger charge is -2.21. The van der Waals surface area contributed by atoms with Crippen LogP contribution in [-0.2, 0) is 11.3 Å². The van der Waals surface area contributed by atoms with E-state index < -0.39 is 0 Å². The molecule has 1 amide bonds. The Kier molecular flexibility index (Phi) is 5.45. The van der Waals surface area contributed by atoms with Crippen molar-refractivity contribution in [2.45, 2.75) is 32.5 Å². The number of hydrogen-bond donors (Lipinski definition) is 2. The summed E-state index contributed by atoms with van der Waals surface area (Å²) in [5.41, 5.74) is 0.851. The van der Waals surface area contributed by atoms with Crippen LogP contribution in [0.2, 0.25) is 0 Å². The summed E-state index contributed by atoms with van der Waals surface area (Å²) < 4.78 is 1.88. The first-order chi connectivity index (χ1) is 10.2. The monoisotopic (exact) mass is 287 g/mol. The number of aromatic nitrogens is 3. The standard InChI is InChI=1S/C15H21N5O/c1-12(13(2)20-9-5-8-19-20)17-11-15(21)18-10-14-6-3-4-7-16-14/h3-9,12-13,17H,10-11H2,1-2H3,(H,18,21). The number of carbonyl (C=O) groups excluding carboxylic acids is 1. The van der Waals surface area contributed by atoms with E-state index in [2.05, 4.69) is 27.6 Å². The minimum absolute atomic E-state index is 0.0415. The minimum atomic E-state index is -0.0415. The molecule has 2 aromatic rings. The first kappa shape index (κ1) is 15.2. The summed E-state index contributed by atoms with van der Waals surface area (Å²) >= 11 is 0. The van der Waals surface area contributed by atoms with E-state index in [9.17, 15) is 4.79 Å².